The molecule has 0 saturated carbocycles. The Morgan fingerprint density at radius 2 is 2.00 bits per heavy atom. The molecule has 2 aromatic carbocycles. The third-order valence-electron chi connectivity index (χ3n) is 4.68. The van der Waals surface area contributed by atoms with Crippen molar-refractivity contribution in [1.29, 1.82) is 0 Å². The maximum Gasteiger partial charge on any atom is 0.274 e. The van der Waals surface area contributed by atoms with E-state index < -0.39 is 0 Å². The van der Waals surface area contributed by atoms with Crippen molar-refractivity contribution in [2.45, 2.75) is 18.9 Å². The molecule has 0 bridgehead atoms. The van der Waals surface area contributed by atoms with Crippen molar-refractivity contribution in [3.63, 3.8) is 0 Å². The molecule has 4 rings (SSSR count). The summed E-state index contributed by atoms with van der Waals surface area (Å²) < 4.78 is 13.2. The lowest BCUT2D eigenvalue weighted by Crippen LogP contribution is -2.41. The van der Waals surface area contributed by atoms with Gasteiger partial charge in [-0.3, -0.25) is 4.79 Å². The van der Waals surface area contributed by atoms with Gasteiger partial charge < -0.3 is 14.4 Å². The number of halogens is 1. The summed E-state index contributed by atoms with van der Waals surface area (Å²) in [7, 11) is 1.66. The number of aromatic nitrogens is 1. The van der Waals surface area contributed by atoms with Crippen LogP contribution in [-0.2, 0) is 0 Å². The predicted octanol–water partition coefficient (Wildman–Crippen LogP) is 4.75. The summed E-state index contributed by atoms with van der Waals surface area (Å²) in [5.41, 5.74) is 1.62. The standard InChI is InChI=1S/C20H19BrN2O3S/c1-25-14-6-7-17-18(12-14)27-20(22-17)26-13-8-10-23(11-9-13)19(24)15-4-2-3-5-16(15)21/h2-7,12-13H,8-11H2,1H3. The molecule has 0 aliphatic carbocycles. The van der Waals surface area contributed by atoms with Gasteiger partial charge >= 0.3 is 0 Å². The molecular weight excluding hydrogens is 428 g/mol. The molecule has 1 amide bonds. The molecule has 0 radical (unpaired) electrons. The first-order valence-electron chi connectivity index (χ1n) is 8.79. The molecule has 0 spiro atoms. The largest absolute Gasteiger partial charge is 0.497 e. The third-order valence-corrected chi connectivity index (χ3v) is 6.28. The lowest BCUT2D eigenvalue weighted by Gasteiger charge is -2.31. The number of rotatable bonds is 4. The predicted molar refractivity (Wildman–Crippen MR) is 110 cm³/mol. The van der Waals surface area contributed by atoms with Crippen LogP contribution in [0.3, 0.4) is 0 Å². The zero-order chi connectivity index (χ0) is 18.8. The second-order valence-corrected chi connectivity index (χ2v) is 8.25. The summed E-state index contributed by atoms with van der Waals surface area (Å²) in [4.78, 5) is 19.1. The van der Waals surface area contributed by atoms with Crippen molar-refractivity contribution in [3.8, 4) is 10.9 Å². The van der Waals surface area contributed by atoms with Crippen LogP contribution in [0.15, 0.2) is 46.9 Å². The molecule has 1 aliphatic rings. The summed E-state index contributed by atoms with van der Waals surface area (Å²) in [6.07, 6.45) is 1.68. The van der Waals surface area contributed by atoms with Crippen molar-refractivity contribution in [2.75, 3.05) is 20.2 Å². The van der Waals surface area contributed by atoms with E-state index in [0.29, 0.717) is 23.8 Å². The number of likely N-dealkylation sites (tertiary alicyclic amines) is 1. The fraction of sp³-hybridized carbons (Fsp3) is 0.300. The maximum atomic E-state index is 12.7. The molecule has 0 unspecified atom stereocenters. The third kappa shape index (κ3) is 3.94. The first-order valence-corrected chi connectivity index (χ1v) is 10.4. The van der Waals surface area contributed by atoms with Crippen LogP contribution < -0.4 is 9.47 Å². The second kappa shape index (κ2) is 7.86. The van der Waals surface area contributed by atoms with Crippen LogP contribution in [0, 0.1) is 0 Å². The number of methoxy groups -OCH3 is 1. The smallest absolute Gasteiger partial charge is 0.274 e. The minimum atomic E-state index is 0.0630. The number of carbonyl (C=O) groups excluding carboxylic acids is 1. The molecule has 3 aromatic rings. The highest BCUT2D eigenvalue weighted by Crippen LogP contribution is 2.32. The number of benzene rings is 2. The zero-order valence-electron chi connectivity index (χ0n) is 14.9. The van der Waals surface area contributed by atoms with Gasteiger partial charge in [-0.1, -0.05) is 23.5 Å². The molecular formula is C20H19BrN2O3S. The number of fused-ring (bicyclic) bond motifs is 1. The van der Waals surface area contributed by atoms with E-state index in [1.165, 1.54) is 11.3 Å². The van der Waals surface area contributed by atoms with E-state index in [1.54, 1.807) is 7.11 Å². The normalized spacial score (nSPS) is 15.1. The summed E-state index contributed by atoms with van der Waals surface area (Å²) in [6.45, 7) is 1.37. The van der Waals surface area contributed by atoms with Gasteiger partial charge in [-0.25, -0.2) is 4.98 Å². The van der Waals surface area contributed by atoms with E-state index in [0.717, 1.165) is 33.3 Å². The Bertz CT molecular complexity index is 967. The molecule has 0 atom stereocenters. The van der Waals surface area contributed by atoms with Gasteiger partial charge in [0.05, 0.1) is 22.9 Å². The molecule has 0 N–H and O–H groups in total. The lowest BCUT2D eigenvalue weighted by molar-refractivity contribution is 0.0594. The van der Waals surface area contributed by atoms with Gasteiger partial charge in [0, 0.05) is 30.4 Å². The summed E-state index contributed by atoms with van der Waals surface area (Å²) in [6, 6.07) is 13.4. The fourth-order valence-electron chi connectivity index (χ4n) is 3.19. The molecule has 1 fully saturated rings. The minimum Gasteiger partial charge on any atom is -0.497 e. The highest BCUT2D eigenvalue weighted by Gasteiger charge is 2.26. The van der Waals surface area contributed by atoms with Gasteiger partial charge in [-0.15, -0.1) is 0 Å². The number of carbonyl (C=O) groups is 1. The lowest BCUT2D eigenvalue weighted by atomic mass is 10.1. The van der Waals surface area contributed by atoms with Crippen molar-refractivity contribution in [1.82, 2.24) is 9.88 Å². The van der Waals surface area contributed by atoms with Crippen LogP contribution in [0.5, 0.6) is 10.9 Å². The average molecular weight is 447 g/mol. The number of amides is 1. The second-order valence-electron chi connectivity index (χ2n) is 6.40. The number of piperidine rings is 1. The van der Waals surface area contributed by atoms with Gasteiger partial charge in [0.2, 0.25) is 0 Å². The fourth-order valence-corrected chi connectivity index (χ4v) is 4.55. The number of ether oxygens (including phenoxy) is 2. The van der Waals surface area contributed by atoms with E-state index in [4.69, 9.17) is 9.47 Å². The highest BCUT2D eigenvalue weighted by molar-refractivity contribution is 9.10. The van der Waals surface area contributed by atoms with Gasteiger partial charge in [-0.05, 0) is 46.3 Å². The molecule has 140 valence electrons. The van der Waals surface area contributed by atoms with Crippen molar-refractivity contribution in [2.24, 2.45) is 0 Å². The van der Waals surface area contributed by atoms with Crippen molar-refractivity contribution in [3.05, 3.63) is 52.5 Å². The van der Waals surface area contributed by atoms with E-state index in [-0.39, 0.29) is 12.0 Å². The van der Waals surface area contributed by atoms with Gasteiger partial charge in [0.1, 0.15) is 11.9 Å². The van der Waals surface area contributed by atoms with E-state index in [1.807, 2.05) is 47.4 Å². The van der Waals surface area contributed by atoms with E-state index >= 15 is 0 Å². The first kappa shape index (κ1) is 18.3. The summed E-state index contributed by atoms with van der Waals surface area (Å²) in [5.74, 6) is 0.879. The van der Waals surface area contributed by atoms with Gasteiger partial charge in [0.25, 0.3) is 11.1 Å². The Kier molecular flexibility index (Phi) is 5.31. The average Bonchev–Trinajstić information content (AvgIpc) is 3.09. The molecule has 27 heavy (non-hydrogen) atoms. The molecule has 1 aliphatic heterocycles. The van der Waals surface area contributed by atoms with Crippen LogP contribution in [0.1, 0.15) is 23.2 Å². The zero-order valence-corrected chi connectivity index (χ0v) is 17.3. The van der Waals surface area contributed by atoms with Crippen LogP contribution in [-0.4, -0.2) is 42.1 Å². The number of thiazole rings is 1. The van der Waals surface area contributed by atoms with Crippen LogP contribution in [0.4, 0.5) is 0 Å². The van der Waals surface area contributed by atoms with Crippen molar-refractivity contribution >= 4 is 43.4 Å². The molecule has 2 heterocycles. The Hall–Kier alpha value is -2.12. The first-order chi connectivity index (χ1) is 13.1. The SMILES string of the molecule is COc1ccc2nc(OC3CCN(C(=O)c4ccccc4Br)CC3)sc2c1. The number of nitrogens with zero attached hydrogens (tertiary/aromatic N) is 2. The van der Waals surface area contributed by atoms with Gasteiger partial charge in [0.15, 0.2) is 0 Å². The highest BCUT2D eigenvalue weighted by atomic mass is 79.9. The van der Waals surface area contributed by atoms with Crippen LogP contribution in [0.25, 0.3) is 10.2 Å². The topological polar surface area (TPSA) is 51.7 Å². The Morgan fingerprint density at radius 3 is 2.74 bits per heavy atom. The summed E-state index contributed by atoms with van der Waals surface area (Å²) in [5, 5.41) is 0.675. The number of hydrogen-bond acceptors (Lipinski definition) is 5. The van der Waals surface area contributed by atoms with Crippen LogP contribution in [0.2, 0.25) is 0 Å². The van der Waals surface area contributed by atoms with E-state index in [2.05, 4.69) is 20.9 Å². The Labute approximate surface area is 170 Å². The minimum absolute atomic E-state index is 0.0630. The number of hydrogen-bond donors (Lipinski definition) is 0. The quantitative estimate of drug-likeness (QED) is 0.579. The van der Waals surface area contributed by atoms with E-state index in [9.17, 15) is 4.79 Å². The van der Waals surface area contributed by atoms with Gasteiger partial charge in [-0.2, -0.15) is 0 Å². The molecule has 5 nitrogen and oxygen atoms in total. The van der Waals surface area contributed by atoms with Crippen molar-refractivity contribution < 1.29 is 14.3 Å². The Balaban J connectivity index is 1.38. The molecule has 1 saturated heterocycles. The molecule has 1 aromatic heterocycles. The molecule has 7 heteroatoms. The Morgan fingerprint density at radius 1 is 1.22 bits per heavy atom. The summed E-state index contributed by atoms with van der Waals surface area (Å²) >= 11 is 4.98. The van der Waals surface area contributed by atoms with Crippen LogP contribution >= 0.6 is 27.3 Å². The maximum absolute atomic E-state index is 12.7. The monoisotopic (exact) mass is 446 g/mol.